The van der Waals surface area contributed by atoms with E-state index in [1.54, 1.807) is 19.5 Å². The molecule has 1 unspecified atom stereocenters. The highest BCUT2D eigenvalue weighted by molar-refractivity contribution is 5.36. The van der Waals surface area contributed by atoms with Crippen LogP contribution < -0.4 is 0 Å². The standard InChI is InChI=1S/C15H22N4O2/c1-15(2)11-18(9-13(21-15)10-20-3)8-12-6-17-14-7-16-4-5-19(12)14/h4-7,13H,8-11H2,1-3H3. The lowest BCUT2D eigenvalue weighted by molar-refractivity contribution is -0.154. The lowest BCUT2D eigenvalue weighted by Gasteiger charge is -2.42. The van der Waals surface area contributed by atoms with Crippen LogP contribution in [-0.4, -0.2) is 57.8 Å². The molecule has 1 atom stereocenters. The van der Waals surface area contributed by atoms with Crippen LogP contribution in [0, 0.1) is 0 Å². The molecule has 6 nitrogen and oxygen atoms in total. The molecule has 0 radical (unpaired) electrons. The van der Waals surface area contributed by atoms with Crippen molar-refractivity contribution in [2.75, 3.05) is 26.8 Å². The van der Waals surface area contributed by atoms with E-state index < -0.39 is 0 Å². The lowest BCUT2D eigenvalue weighted by atomic mass is 10.1. The highest BCUT2D eigenvalue weighted by atomic mass is 16.5. The first-order valence-electron chi connectivity index (χ1n) is 7.22. The predicted molar refractivity (Wildman–Crippen MR) is 79.1 cm³/mol. The Labute approximate surface area is 124 Å². The summed E-state index contributed by atoms with van der Waals surface area (Å²) in [5.41, 5.74) is 1.89. The lowest BCUT2D eigenvalue weighted by Crippen LogP contribution is -2.53. The maximum absolute atomic E-state index is 6.05. The summed E-state index contributed by atoms with van der Waals surface area (Å²) < 4.78 is 13.4. The van der Waals surface area contributed by atoms with E-state index in [0.717, 1.165) is 25.3 Å². The summed E-state index contributed by atoms with van der Waals surface area (Å²) in [6, 6.07) is 0. The van der Waals surface area contributed by atoms with Gasteiger partial charge in [-0.1, -0.05) is 0 Å². The molecular weight excluding hydrogens is 268 g/mol. The summed E-state index contributed by atoms with van der Waals surface area (Å²) in [6.07, 6.45) is 7.55. The molecule has 1 saturated heterocycles. The third-order valence-electron chi connectivity index (χ3n) is 3.68. The van der Waals surface area contributed by atoms with Crippen molar-refractivity contribution in [1.82, 2.24) is 19.3 Å². The van der Waals surface area contributed by atoms with Crippen LogP contribution in [0.3, 0.4) is 0 Å². The normalized spacial score (nSPS) is 22.7. The number of methoxy groups -OCH3 is 1. The number of nitrogens with zero attached hydrogens (tertiary/aromatic N) is 4. The smallest absolute Gasteiger partial charge is 0.155 e. The summed E-state index contributed by atoms with van der Waals surface area (Å²) in [4.78, 5) is 10.9. The molecule has 0 amide bonds. The van der Waals surface area contributed by atoms with Crippen molar-refractivity contribution in [3.63, 3.8) is 0 Å². The number of hydrogen-bond acceptors (Lipinski definition) is 5. The van der Waals surface area contributed by atoms with Crippen molar-refractivity contribution in [3.05, 3.63) is 30.5 Å². The van der Waals surface area contributed by atoms with Gasteiger partial charge in [0.2, 0.25) is 0 Å². The second kappa shape index (κ2) is 5.71. The Kier molecular flexibility index (Phi) is 3.93. The summed E-state index contributed by atoms with van der Waals surface area (Å²) >= 11 is 0. The number of hydrogen-bond donors (Lipinski definition) is 0. The van der Waals surface area contributed by atoms with Crippen LogP contribution in [0.25, 0.3) is 5.65 Å². The minimum Gasteiger partial charge on any atom is -0.382 e. The minimum absolute atomic E-state index is 0.111. The van der Waals surface area contributed by atoms with Gasteiger partial charge >= 0.3 is 0 Å². The molecule has 0 bridgehead atoms. The van der Waals surface area contributed by atoms with E-state index in [9.17, 15) is 0 Å². The van der Waals surface area contributed by atoms with Gasteiger partial charge in [-0.05, 0) is 13.8 Å². The van der Waals surface area contributed by atoms with Crippen LogP contribution in [0.15, 0.2) is 24.8 Å². The molecule has 0 spiro atoms. The molecule has 114 valence electrons. The van der Waals surface area contributed by atoms with Crippen molar-refractivity contribution < 1.29 is 9.47 Å². The molecule has 6 heteroatoms. The highest BCUT2D eigenvalue weighted by Crippen LogP contribution is 2.22. The quantitative estimate of drug-likeness (QED) is 0.851. The Balaban J connectivity index is 1.77. The molecule has 0 saturated carbocycles. The molecule has 0 aliphatic carbocycles. The average molecular weight is 290 g/mol. The van der Waals surface area contributed by atoms with Crippen LogP contribution in [0.4, 0.5) is 0 Å². The number of fused-ring (bicyclic) bond motifs is 1. The number of imidazole rings is 1. The van der Waals surface area contributed by atoms with Gasteiger partial charge in [-0.2, -0.15) is 0 Å². The van der Waals surface area contributed by atoms with Crippen LogP contribution in [0.5, 0.6) is 0 Å². The molecule has 0 N–H and O–H groups in total. The first kappa shape index (κ1) is 14.4. The molecule has 2 aromatic heterocycles. The Hall–Kier alpha value is -1.50. The summed E-state index contributed by atoms with van der Waals surface area (Å²) in [6.45, 7) is 7.48. The third kappa shape index (κ3) is 3.23. The molecular formula is C15H22N4O2. The first-order chi connectivity index (χ1) is 10.1. The van der Waals surface area contributed by atoms with Gasteiger partial charge in [0.1, 0.15) is 0 Å². The zero-order valence-corrected chi connectivity index (χ0v) is 12.8. The zero-order valence-electron chi connectivity index (χ0n) is 12.8. The van der Waals surface area contributed by atoms with Crippen LogP contribution in [0.2, 0.25) is 0 Å². The topological polar surface area (TPSA) is 51.9 Å². The van der Waals surface area contributed by atoms with E-state index in [2.05, 4.69) is 33.1 Å². The number of morpholine rings is 1. The fraction of sp³-hybridized carbons (Fsp3) is 0.600. The molecule has 1 fully saturated rings. The predicted octanol–water partition coefficient (Wildman–Crippen LogP) is 1.36. The molecule has 1 aliphatic heterocycles. The Morgan fingerprint density at radius 2 is 2.29 bits per heavy atom. The van der Waals surface area contributed by atoms with Gasteiger partial charge in [0.05, 0.1) is 36.4 Å². The molecule has 1 aliphatic rings. The van der Waals surface area contributed by atoms with E-state index in [1.165, 1.54) is 5.69 Å². The van der Waals surface area contributed by atoms with Crippen molar-refractivity contribution in [2.45, 2.75) is 32.1 Å². The summed E-state index contributed by atoms with van der Waals surface area (Å²) in [5, 5.41) is 0. The van der Waals surface area contributed by atoms with Gasteiger partial charge in [0.25, 0.3) is 0 Å². The van der Waals surface area contributed by atoms with Crippen LogP contribution in [0.1, 0.15) is 19.5 Å². The second-order valence-electron chi connectivity index (χ2n) is 6.18. The number of rotatable bonds is 4. The third-order valence-corrected chi connectivity index (χ3v) is 3.68. The Morgan fingerprint density at radius 1 is 1.43 bits per heavy atom. The van der Waals surface area contributed by atoms with Gasteiger partial charge in [-0.15, -0.1) is 0 Å². The van der Waals surface area contributed by atoms with Gasteiger partial charge in [0, 0.05) is 39.1 Å². The fourth-order valence-electron chi connectivity index (χ4n) is 3.05. The van der Waals surface area contributed by atoms with E-state index in [0.29, 0.717) is 6.61 Å². The van der Waals surface area contributed by atoms with E-state index in [4.69, 9.17) is 9.47 Å². The maximum Gasteiger partial charge on any atom is 0.155 e. The Morgan fingerprint density at radius 3 is 3.10 bits per heavy atom. The van der Waals surface area contributed by atoms with E-state index in [1.807, 2.05) is 12.4 Å². The van der Waals surface area contributed by atoms with Gasteiger partial charge in [0.15, 0.2) is 5.65 Å². The summed E-state index contributed by atoms with van der Waals surface area (Å²) in [5.74, 6) is 0. The van der Waals surface area contributed by atoms with Crippen molar-refractivity contribution in [3.8, 4) is 0 Å². The van der Waals surface area contributed by atoms with Gasteiger partial charge < -0.3 is 9.47 Å². The summed E-state index contributed by atoms with van der Waals surface area (Å²) in [7, 11) is 1.72. The SMILES string of the molecule is COCC1CN(Cc2cnc3cnccn23)CC(C)(C)O1. The minimum atomic E-state index is -0.163. The molecule has 0 aromatic carbocycles. The second-order valence-corrected chi connectivity index (χ2v) is 6.18. The van der Waals surface area contributed by atoms with Gasteiger partial charge in [-0.25, -0.2) is 4.98 Å². The maximum atomic E-state index is 6.05. The van der Waals surface area contributed by atoms with Crippen LogP contribution >= 0.6 is 0 Å². The van der Waals surface area contributed by atoms with Crippen molar-refractivity contribution >= 4 is 5.65 Å². The Bertz CT molecular complexity index is 610. The first-order valence-corrected chi connectivity index (χ1v) is 7.22. The monoisotopic (exact) mass is 290 g/mol. The van der Waals surface area contributed by atoms with Gasteiger partial charge in [-0.3, -0.25) is 14.3 Å². The molecule has 2 aromatic rings. The largest absolute Gasteiger partial charge is 0.382 e. The molecule has 21 heavy (non-hydrogen) atoms. The van der Waals surface area contributed by atoms with Crippen LogP contribution in [-0.2, 0) is 16.0 Å². The average Bonchev–Trinajstić information content (AvgIpc) is 2.81. The molecule has 3 heterocycles. The van der Waals surface area contributed by atoms with Crippen molar-refractivity contribution in [2.24, 2.45) is 0 Å². The van der Waals surface area contributed by atoms with E-state index in [-0.39, 0.29) is 11.7 Å². The fourth-order valence-corrected chi connectivity index (χ4v) is 3.05. The number of aromatic nitrogens is 3. The van der Waals surface area contributed by atoms with Crippen molar-refractivity contribution in [1.29, 1.82) is 0 Å². The van der Waals surface area contributed by atoms with E-state index >= 15 is 0 Å². The number of ether oxygens (including phenoxy) is 2. The zero-order chi connectivity index (χ0) is 14.9. The molecule has 3 rings (SSSR count). The highest BCUT2D eigenvalue weighted by Gasteiger charge is 2.33.